The van der Waals surface area contributed by atoms with E-state index in [0.29, 0.717) is 5.92 Å². The highest BCUT2D eigenvalue weighted by atomic mass is 16.5. The van der Waals surface area contributed by atoms with Gasteiger partial charge >= 0.3 is 0 Å². The molecule has 74 valence electrons. The molecule has 1 aliphatic rings. The van der Waals surface area contributed by atoms with Crippen LogP contribution < -0.4 is 4.74 Å². The van der Waals surface area contributed by atoms with Gasteiger partial charge in [0.15, 0.2) is 0 Å². The summed E-state index contributed by atoms with van der Waals surface area (Å²) in [6, 6.07) is 6.38. The van der Waals surface area contributed by atoms with Gasteiger partial charge < -0.3 is 4.74 Å². The van der Waals surface area contributed by atoms with Gasteiger partial charge in [-0.2, -0.15) is 0 Å². The maximum Gasteiger partial charge on any atom is 0.119 e. The topological polar surface area (TPSA) is 9.23 Å². The van der Waals surface area contributed by atoms with Gasteiger partial charge in [-0.25, -0.2) is 0 Å². The van der Waals surface area contributed by atoms with Crippen LogP contribution in [0.15, 0.2) is 30.9 Å². The van der Waals surface area contributed by atoms with Crippen molar-refractivity contribution >= 4 is 0 Å². The molecule has 1 atom stereocenters. The Balaban J connectivity index is 2.40. The summed E-state index contributed by atoms with van der Waals surface area (Å²) in [7, 11) is 1.72. The molecule has 0 unspecified atom stereocenters. The highest BCUT2D eigenvalue weighted by Gasteiger charge is 2.17. The summed E-state index contributed by atoms with van der Waals surface area (Å²) in [4.78, 5) is 0. The Morgan fingerprint density at radius 1 is 1.50 bits per heavy atom. The van der Waals surface area contributed by atoms with Crippen molar-refractivity contribution in [1.29, 1.82) is 0 Å². The van der Waals surface area contributed by atoms with Crippen molar-refractivity contribution < 1.29 is 4.74 Å². The Labute approximate surface area is 85.4 Å². The Kier molecular flexibility index (Phi) is 2.58. The summed E-state index contributed by atoms with van der Waals surface area (Å²) in [5, 5.41) is 0. The lowest BCUT2D eigenvalue weighted by molar-refractivity contribution is 0.413. The quantitative estimate of drug-likeness (QED) is 0.647. The zero-order chi connectivity index (χ0) is 9.97. The number of methoxy groups -OCH3 is 1. The number of hydrogen-bond acceptors (Lipinski definition) is 1. The number of rotatable bonds is 2. The molecule has 0 saturated carbocycles. The highest BCUT2D eigenvalue weighted by Crippen LogP contribution is 2.34. The first-order valence-electron chi connectivity index (χ1n) is 5.14. The number of benzene rings is 1. The highest BCUT2D eigenvalue weighted by molar-refractivity contribution is 5.40. The Morgan fingerprint density at radius 3 is 3.07 bits per heavy atom. The summed E-state index contributed by atoms with van der Waals surface area (Å²) >= 11 is 0. The molecule has 2 rings (SSSR count). The molecule has 0 saturated heterocycles. The van der Waals surface area contributed by atoms with Crippen LogP contribution in [0.5, 0.6) is 5.75 Å². The summed E-state index contributed by atoms with van der Waals surface area (Å²) < 4.78 is 5.22. The van der Waals surface area contributed by atoms with Crippen molar-refractivity contribution in [2.75, 3.05) is 7.11 Å². The normalized spacial score (nSPS) is 19.9. The van der Waals surface area contributed by atoms with Crippen LogP contribution in [0, 0.1) is 0 Å². The summed E-state index contributed by atoms with van der Waals surface area (Å²) in [5.74, 6) is 1.51. The summed E-state index contributed by atoms with van der Waals surface area (Å²) in [5.41, 5.74) is 2.87. The second kappa shape index (κ2) is 3.87. The molecule has 0 aliphatic heterocycles. The second-order valence-corrected chi connectivity index (χ2v) is 3.80. The molecule has 0 N–H and O–H groups in total. The number of fused-ring (bicyclic) bond motifs is 1. The molecular formula is C13H16O. The van der Waals surface area contributed by atoms with E-state index in [0.717, 1.165) is 5.75 Å². The van der Waals surface area contributed by atoms with E-state index < -0.39 is 0 Å². The molecule has 0 fully saturated rings. The molecule has 0 spiro atoms. The molecule has 0 bridgehead atoms. The first kappa shape index (κ1) is 9.32. The van der Waals surface area contributed by atoms with Crippen molar-refractivity contribution in [3.63, 3.8) is 0 Å². The largest absolute Gasteiger partial charge is 0.497 e. The van der Waals surface area contributed by atoms with Crippen LogP contribution >= 0.6 is 0 Å². The molecule has 1 aromatic rings. The van der Waals surface area contributed by atoms with E-state index in [1.165, 1.54) is 30.4 Å². The van der Waals surface area contributed by atoms with Gasteiger partial charge in [0, 0.05) is 5.92 Å². The fourth-order valence-corrected chi connectivity index (χ4v) is 2.20. The molecule has 1 aliphatic carbocycles. The zero-order valence-corrected chi connectivity index (χ0v) is 8.62. The van der Waals surface area contributed by atoms with Gasteiger partial charge in [-0.3, -0.25) is 0 Å². The fraction of sp³-hybridized carbons (Fsp3) is 0.385. The van der Waals surface area contributed by atoms with Crippen LogP contribution in [0.2, 0.25) is 0 Å². The van der Waals surface area contributed by atoms with Crippen molar-refractivity contribution in [3.8, 4) is 5.75 Å². The molecule has 1 aromatic carbocycles. The lowest BCUT2D eigenvalue weighted by Crippen LogP contribution is -2.07. The van der Waals surface area contributed by atoms with E-state index in [2.05, 4.69) is 24.8 Å². The van der Waals surface area contributed by atoms with Crippen molar-refractivity contribution in [2.45, 2.75) is 25.2 Å². The number of ether oxygens (including phenoxy) is 1. The van der Waals surface area contributed by atoms with Crippen molar-refractivity contribution in [2.24, 2.45) is 0 Å². The predicted molar refractivity (Wildman–Crippen MR) is 58.9 cm³/mol. The average Bonchev–Trinajstić information content (AvgIpc) is 2.27. The maximum absolute atomic E-state index is 5.22. The standard InChI is InChI=1S/C13H16O/c1-3-10-5-4-6-11-9-12(14-2)7-8-13(10)11/h3,7-10H,1,4-6H2,2H3/t10-/m1/s1. The molecular weight excluding hydrogens is 172 g/mol. The van der Waals surface area contributed by atoms with Gasteiger partial charge in [0.25, 0.3) is 0 Å². The van der Waals surface area contributed by atoms with E-state index in [-0.39, 0.29) is 0 Å². The first-order chi connectivity index (χ1) is 6.85. The maximum atomic E-state index is 5.22. The Bertz CT molecular complexity index is 341. The minimum absolute atomic E-state index is 0.546. The summed E-state index contributed by atoms with van der Waals surface area (Å²) in [6.45, 7) is 3.89. The molecule has 14 heavy (non-hydrogen) atoms. The van der Waals surface area contributed by atoms with E-state index >= 15 is 0 Å². The van der Waals surface area contributed by atoms with Gasteiger partial charge in [0.05, 0.1) is 7.11 Å². The fourth-order valence-electron chi connectivity index (χ4n) is 2.20. The second-order valence-electron chi connectivity index (χ2n) is 3.80. The third kappa shape index (κ3) is 1.54. The Hall–Kier alpha value is -1.24. The third-order valence-corrected chi connectivity index (χ3v) is 3.00. The minimum atomic E-state index is 0.546. The van der Waals surface area contributed by atoms with Crippen LogP contribution in [-0.4, -0.2) is 7.11 Å². The molecule has 1 nitrogen and oxygen atoms in total. The van der Waals surface area contributed by atoms with Gasteiger partial charge in [-0.1, -0.05) is 12.1 Å². The first-order valence-corrected chi connectivity index (χ1v) is 5.14. The monoisotopic (exact) mass is 188 g/mol. The molecule has 0 amide bonds. The van der Waals surface area contributed by atoms with E-state index in [1.807, 2.05) is 6.07 Å². The Morgan fingerprint density at radius 2 is 2.36 bits per heavy atom. The summed E-state index contributed by atoms with van der Waals surface area (Å²) in [6.07, 6.45) is 5.74. The molecule has 0 heterocycles. The molecule has 1 heteroatoms. The SMILES string of the molecule is C=C[C@@H]1CCCc2cc(OC)ccc21. The molecule has 0 aromatic heterocycles. The van der Waals surface area contributed by atoms with Crippen LogP contribution in [-0.2, 0) is 6.42 Å². The van der Waals surface area contributed by atoms with Gasteiger partial charge in [0.2, 0.25) is 0 Å². The van der Waals surface area contributed by atoms with Gasteiger partial charge in [0.1, 0.15) is 5.75 Å². The van der Waals surface area contributed by atoms with Crippen LogP contribution in [0.1, 0.15) is 29.9 Å². The van der Waals surface area contributed by atoms with E-state index in [4.69, 9.17) is 4.74 Å². The van der Waals surface area contributed by atoms with Gasteiger partial charge in [-0.15, -0.1) is 6.58 Å². The van der Waals surface area contributed by atoms with Crippen LogP contribution in [0.25, 0.3) is 0 Å². The smallest absolute Gasteiger partial charge is 0.119 e. The van der Waals surface area contributed by atoms with Crippen LogP contribution in [0.4, 0.5) is 0 Å². The van der Waals surface area contributed by atoms with Crippen molar-refractivity contribution in [1.82, 2.24) is 0 Å². The zero-order valence-electron chi connectivity index (χ0n) is 8.62. The van der Waals surface area contributed by atoms with Crippen LogP contribution in [0.3, 0.4) is 0 Å². The van der Waals surface area contributed by atoms with Crippen molar-refractivity contribution in [3.05, 3.63) is 42.0 Å². The number of hydrogen-bond donors (Lipinski definition) is 0. The lowest BCUT2D eigenvalue weighted by atomic mass is 9.83. The molecule has 0 radical (unpaired) electrons. The number of aryl methyl sites for hydroxylation is 1. The minimum Gasteiger partial charge on any atom is -0.497 e. The average molecular weight is 188 g/mol. The predicted octanol–water partition coefficient (Wildman–Crippen LogP) is 3.30. The number of allylic oxidation sites excluding steroid dienone is 1. The van der Waals surface area contributed by atoms with Gasteiger partial charge in [-0.05, 0) is 42.5 Å². The van der Waals surface area contributed by atoms with E-state index in [1.54, 1.807) is 7.11 Å². The van der Waals surface area contributed by atoms with E-state index in [9.17, 15) is 0 Å². The third-order valence-electron chi connectivity index (χ3n) is 3.00. The lowest BCUT2D eigenvalue weighted by Gasteiger charge is -2.23.